The number of aromatic nitrogens is 2. The monoisotopic (exact) mass is 373 g/mol. The molecule has 2 heterocycles. The lowest BCUT2D eigenvalue weighted by Crippen LogP contribution is -2.24. The Kier molecular flexibility index (Phi) is 6.08. The van der Waals surface area contributed by atoms with Crippen LogP contribution in [0.25, 0.3) is 22.6 Å². The van der Waals surface area contributed by atoms with Crippen molar-refractivity contribution < 1.29 is 23.6 Å². The van der Waals surface area contributed by atoms with Crippen molar-refractivity contribution in [1.29, 1.82) is 0 Å². The number of amides is 1. The molecule has 1 aromatic carbocycles. The average Bonchev–Trinajstić information content (AvgIpc) is 3.33. The highest BCUT2D eigenvalue weighted by Gasteiger charge is 2.23. The van der Waals surface area contributed by atoms with Gasteiger partial charge in [0.1, 0.15) is 0 Å². The predicted octanol–water partition coefficient (Wildman–Crippen LogP) is 4.00. The number of fused-ring (bicyclic) bond motifs is 1. The summed E-state index contributed by atoms with van der Waals surface area (Å²) in [7, 11) is 1.58. The maximum absolute atomic E-state index is 10.8. The van der Waals surface area contributed by atoms with Crippen molar-refractivity contribution >= 4 is 17.4 Å². The molecule has 0 aliphatic heterocycles. The van der Waals surface area contributed by atoms with Crippen LogP contribution in [0, 0.1) is 0 Å². The molecule has 0 fully saturated rings. The van der Waals surface area contributed by atoms with Gasteiger partial charge in [0.2, 0.25) is 12.3 Å². The summed E-state index contributed by atoms with van der Waals surface area (Å²) in [5.74, 6) is 1.44. The Morgan fingerprint density at radius 1 is 1.30 bits per heavy atom. The summed E-state index contributed by atoms with van der Waals surface area (Å²) in [5.41, 5.74) is 0.608. The number of furan rings is 1. The second-order valence-electron chi connectivity index (χ2n) is 6.35. The summed E-state index contributed by atoms with van der Waals surface area (Å²) in [6.07, 6.45) is 4.16. The van der Waals surface area contributed by atoms with Crippen LogP contribution in [0.5, 0.6) is 5.75 Å². The molecule has 0 unspecified atom stereocenters. The van der Waals surface area contributed by atoms with Crippen LogP contribution in [0.1, 0.15) is 44.4 Å². The van der Waals surface area contributed by atoms with Gasteiger partial charge in [0.15, 0.2) is 17.1 Å². The minimum Gasteiger partial charge on any atom is -0.493 e. The maximum atomic E-state index is 10.8. The molecule has 8 nitrogen and oxygen atoms in total. The predicted molar refractivity (Wildman–Crippen MR) is 97.5 cm³/mol. The van der Waals surface area contributed by atoms with Gasteiger partial charge in [-0.1, -0.05) is 38.3 Å². The number of carbonyl (C=O) groups is 1. The van der Waals surface area contributed by atoms with Crippen LogP contribution < -0.4 is 4.74 Å². The van der Waals surface area contributed by atoms with Gasteiger partial charge in [-0.2, -0.15) is 0 Å². The van der Waals surface area contributed by atoms with Gasteiger partial charge >= 0.3 is 0 Å². The molecule has 0 radical (unpaired) electrons. The minimum atomic E-state index is -0.244. The van der Waals surface area contributed by atoms with Crippen LogP contribution >= 0.6 is 0 Å². The minimum absolute atomic E-state index is 0.100. The number of rotatable bonds is 10. The number of hydrogen-bond donors (Lipinski definition) is 1. The molecule has 0 bridgehead atoms. The highest BCUT2D eigenvalue weighted by molar-refractivity contribution is 5.86. The van der Waals surface area contributed by atoms with E-state index in [1.165, 1.54) is 0 Å². The molecular formula is C19H23N3O5. The molecule has 0 aliphatic carbocycles. The summed E-state index contributed by atoms with van der Waals surface area (Å²) in [6.45, 7) is 2.21. The largest absolute Gasteiger partial charge is 0.493 e. The zero-order valence-electron chi connectivity index (χ0n) is 15.4. The molecular weight excluding hydrogens is 350 g/mol. The van der Waals surface area contributed by atoms with Crippen LogP contribution in [0.15, 0.2) is 33.1 Å². The Balaban J connectivity index is 1.85. The highest BCUT2D eigenvalue weighted by atomic mass is 16.5. The van der Waals surface area contributed by atoms with E-state index in [0.29, 0.717) is 34.5 Å². The number of ether oxygens (including phenoxy) is 1. The third-order valence-electron chi connectivity index (χ3n) is 4.41. The number of hydroxylamine groups is 2. The number of unbranched alkanes of at least 4 members (excludes halogenated alkanes) is 2. The van der Waals surface area contributed by atoms with Gasteiger partial charge < -0.3 is 13.6 Å². The summed E-state index contributed by atoms with van der Waals surface area (Å²) < 4.78 is 16.9. The lowest BCUT2D eigenvalue weighted by molar-refractivity contribution is -0.151. The van der Waals surface area contributed by atoms with Gasteiger partial charge in [-0.3, -0.25) is 10.0 Å². The zero-order valence-corrected chi connectivity index (χ0v) is 15.4. The number of para-hydroxylation sites is 1. The second kappa shape index (κ2) is 8.68. The molecule has 27 heavy (non-hydrogen) atoms. The van der Waals surface area contributed by atoms with Gasteiger partial charge in [-0.15, -0.1) is 10.2 Å². The third-order valence-corrected chi connectivity index (χ3v) is 4.41. The average molecular weight is 373 g/mol. The Hall–Kier alpha value is -2.87. The van der Waals surface area contributed by atoms with Crippen molar-refractivity contribution in [1.82, 2.24) is 15.3 Å². The van der Waals surface area contributed by atoms with E-state index in [9.17, 15) is 10.0 Å². The first-order chi connectivity index (χ1) is 13.2. The molecule has 1 atom stereocenters. The molecule has 2 aromatic heterocycles. The molecule has 8 heteroatoms. The summed E-state index contributed by atoms with van der Waals surface area (Å²) >= 11 is 0. The summed E-state index contributed by atoms with van der Waals surface area (Å²) in [6, 6.07) is 7.40. The Morgan fingerprint density at radius 2 is 2.15 bits per heavy atom. The standard InChI is InChI=1S/C19H23N3O5/c1-3-4-5-7-14(11-22(24)12-23)18-20-21-19(27-18)16-10-13-8-6-9-15(25-2)17(13)26-16/h6,8-10,12,14,24H,3-5,7,11H2,1-2H3/t14-/m0/s1. The van der Waals surface area contributed by atoms with Gasteiger partial charge in [0.05, 0.1) is 19.6 Å². The van der Waals surface area contributed by atoms with Crippen molar-refractivity contribution in [3.8, 4) is 17.4 Å². The first kappa shape index (κ1) is 18.9. The Bertz CT molecular complexity index is 888. The van der Waals surface area contributed by atoms with Crippen molar-refractivity contribution in [2.75, 3.05) is 13.7 Å². The number of methoxy groups -OCH3 is 1. The molecule has 0 saturated heterocycles. The van der Waals surface area contributed by atoms with E-state index in [-0.39, 0.29) is 18.4 Å². The smallest absolute Gasteiger partial charge is 0.283 e. The van der Waals surface area contributed by atoms with E-state index in [0.717, 1.165) is 31.1 Å². The molecule has 1 N–H and O–H groups in total. The lowest BCUT2D eigenvalue weighted by atomic mass is 10.0. The molecule has 0 aliphatic rings. The summed E-state index contributed by atoms with van der Waals surface area (Å²) in [5, 5.41) is 19.2. The van der Waals surface area contributed by atoms with Crippen molar-refractivity contribution in [3.05, 3.63) is 30.2 Å². The number of benzene rings is 1. The number of hydrogen-bond acceptors (Lipinski definition) is 7. The van der Waals surface area contributed by atoms with Crippen LogP contribution in [0.4, 0.5) is 0 Å². The van der Waals surface area contributed by atoms with Crippen molar-refractivity contribution in [2.45, 2.75) is 38.5 Å². The van der Waals surface area contributed by atoms with Crippen LogP contribution in [-0.4, -0.2) is 40.5 Å². The first-order valence-electron chi connectivity index (χ1n) is 8.97. The molecule has 3 aromatic rings. The fourth-order valence-corrected chi connectivity index (χ4v) is 3.00. The van der Waals surface area contributed by atoms with E-state index in [2.05, 4.69) is 17.1 Å². The van der Waals surface area contributed by atoms with E-state index < -0.39 is 0 Å². The molecule has 3 rings (SSSR count). The lowest BCUT2D eigenvalue weighted by Gasteiger charge is -2.16. The van der Waals surface area contributed by atoms with Crippen LogP contribution in [-0.2, 0) is 4.79 Å². The molecule has 144 valence electrons. The van der Waals surface area contributed by atoms with E-state index in [4.69, 9.17) is 13.6 Å². The van der Waals surface area contributed by atoms with E-state index in [1.54, 1.807) is 7.11 Å². The Labute approximate surface area is 156 Å². The molecule has 1 amide bonds. The second-order valence-corrected chi connectivity index (χ2v) is 6.35. The molecule has 0 spiro atoms. The van der Waals surface area contributed by atoms with Crippen molar-refractivity contribution in [2.24, 2.45) is 0 Å². The van der Waals surface area contributed by atoms with Gasteiger partial charge in [-0.25, -0.2) is 5.06 Å². The van der Waals surface area contributed by atoms with Gasteiger partial charge in [-0.05, 0) is 18.6 Å². The fourth-order valence-electron chi connectivity index (χ4n) is 3.00. The van der Waals surface area contributed by atoms with E-state index in [1.807, 2.05) is 24.3 Å². The van der Waals surface area contributed by atoms with Crippen LogP contribution in [0.3, 0.4) is 0 Å². The SMILES string of the molecule is CCCCC[C@@H](CN(O)C=O)c1nnc(-c2cc3cccc(OC)c3o2)o1. The topological polar surface area (TPSA) is 102 Å². The maximum Gasteiger partial charge on any atom is 0.283 e. The summed E-state index contributed by atoms with van der Waals surface area (Å²) in [4.78, 5) is 10.8. The highest BCUT2D eigenvalue weighted by Crippen LogP contribution is 2.33. The molecule has 0 saturated carbocycles. The first-order valence-corrected chi connectivity index (χ1v) is 8.97. The quantitative estimate of drug-likeness (QED) is 0.248. The van der Waals surface area contributed by atoms with Crippen molar-refractivity contribution in [3.63, 3.8) is 0 Å². The fraction of sp³-hybridized carbons (Fsp3) is 0.421. The number of carbonyl (C=O) groups excluding carboxylic acids is 1. The number of nitrogens with zero attached hydrogens (tertiary/aromatic N) is 3. The van der Waals surface area contributed by atoms with Crippen LogP contribution in [0.2, 0.25) is 0 Å². The Morgan fingerprint density at radius 3 is 2.89 bits per heavy atom. The van der Waals surface area contributed by atoms with Gasteiger partial charge in [0.25, 0.3) is 5.89 Å². The van der Waals surface area contributed by atoms with Gasteiger partial charge in [0, 0.05) is 5.39 Å². The zero-order chi connectivity index (χ0) is 19.2. The van der Waals surface area contributed by atoms with E-state index >= 15 is 0 Å². The normalized spacial score (nSPS) is 12.3. The third kappa shape index (κ3) is 4.28.